The highest BCUT2D eigenvalue weighted by Crippen LogP contribution is 2.17. The van der Waals surface area contributed by atoms with Crippen LogP contribution in [0.4, 0.5) is 0 Å². The van der Waals surface area contributed by atoms with E-state index in [1.807, 2.05) is 6.08 Å². The standard InChI is InChI=1S/C69H129NO5/c1-3-5-7-9-11-13-15-17-19-33-37-41-45-49-53-57-61-67(72)66(65-71)70-68(73)62-58-54-50-46-42-38-34-31-29-27-25-23-21-22-24-26-28-30-32-36-40-44-48-52-56-60-64-75-69(74)63-59-55-51-47-43-39-35-20-18-16-14-12-10-8-6-4-2/h14,16,20-21,23,35,57,61,66-67,71-72H,3-13,15,17-19,22,24-34,36-56,58-60,62-65H2,1-2H3,(H,70,73)/b16-14-,23-21-,35-20-,61-57+. The molecule has 1 amide bonds. The van der Waals surface area contributed by atoms with Gasteiger partial charge in [-0.05, 0) is 89.9 Å². The van der Waals surface area contributed by atoms with Gasteiger partial charge in [-0.1, -0.05) is 300 Å². The van der Waals surface area contributed by atoms with Crippen LogP contribution in [0, 0.1) is 0 Å². The fraction of sp³-hybridized carbons (Fsp3) is 0.855. The second-order valence-electron chi connectivity index (χ2n) is 22.8. The molecule has 0 radical (unpaired) electrons. The number of allylic oxidation sites excluding steroid dienone is 7. The predicted molar refractivity (Wildman–Crippen MR) is 329 cm³/mol. The molecule has 75 heavy (non-hydrogen) atoms. The molecule has 0 aliphatic rings. The summed E-state index contributed by atoms with van der Waals surface area (Å²) in [5.41, 5.74) is 0. The zero-order valence-electron chi connectivity index (χ0n) is 50.3. The van der Waals surface area contributed by atoms with Crippen molar-refractivity contribution in [2.24, 2.45) is 0 Å². The SMILES string of the molecule is CCCCCC/C=C\C/C=C\CCCCCCCC(=O)OCCCCCCCCCCCCCC/C=C\CCCCCCCCCCCCC(=O)NC(CO)C(O)/C=C/CCCCCCCCCCCCCCCC. The van der Waals surface area contributed by atoms with E-state index >= 15 is 0 Å². The molecule has 0 aromatic rings. The van der Waals surface area contributed by atoms with E-state index in [1.54, 1.807) is 6.08 Å². The molecule has 2 unspecified atom stereocenters. The Balaban J connectivity index is 3.42. The number of nitrogens with one attached hydrogen (secondary N) is 1. The van der Waals surface area contributed by atoms with E-state index in [0.29, 0.717) is 19.4 Å². The first kappa shape index (κ1) is 72.8. The van der Waals surface area contributed by atoms with Gasteiger partial charge in [0.15, 0.2) is 0 Å². The Morgan fingerprint density at radius 1 is 0.373 bits per heavy atom. The van der Waals surface area contributed by atoms with Crippen LogP contribution in [-0.4, -0.2) is 47.4 Å². The molecule has 0 heterocycles. The summed E-state index contributed by atoms with van der Waals surface area (Å²) in [6, 6.07) is -0.630. The van der Waals surface area contributed by atoms with Crippen LogP contribution in [0.25, 0.3) is 0 Å². The molecule has 0 fully saturated rings. The highest BCUT2D eigenvalue weighted by molar-refractivity contribution is 5.76. The second-order valence-corrected chi connectivity index (χ2v) is 22.8. The number of hydrogen-bond donors (Lipinski definition) is 3. The fourth-order valence-corrected chi connectivity index (χ4v) is 10.2. The van der Waals surface area contributed by atoms with Crippen LogP contribution >= 0.6 is 0 Å². The Morgan fingerprint density at radius 2 is 0.667 bits per heavy atom. The summed E-state index contributed by atoms with van der Waals surface area (Å²) in [5, 5.41) is 23.2. The third-order valence-corrected chi connectivity index (χ3v) is 15.3. The molecule has 0 saturated heterocycles. The quantitative estimate of drug-likeness (QED) is 0.0320. The number of amides is 1. The minimum atomic E-state index is -0.846. The number of unbranched alkanes of at least 4 members (excludes halogenated alkanes) is 45. The van der Waals surface area contributed by atoms with Gasteiger partial charge in [-0.15, -0.1) is 0 Å². The van der Waals surface area contributed by atoms with Gasteiger partial charge >= 0.3 is 5.97 Å². The Hall–Kier alpha value is -2.18. The van der Waals surface area contributed by atoms with Crippen molar-refractivity contribution in [2.75, 3.05) is 13.2 Å². The molecule has 0 aliphatic carbocycles. The number of carbonyl (C=O) groups is 2. The molecular formula is C69H129NO5. The van der Waals surface area contributed by atoms with Gasteiger partial charge in [0.05, 0.1) is 25.4 Å². The zero-order chi connectivity index (χ0) is 54.3. The van der Waals surface area contributed by atoms with E-state index in [9.17, 15) is 19.8 Å². The number of ether oxygens (including phenoxy) is 1. The molecule has 6 nitrogen and oxygen atoms in total. The molecule has 0 spiro atoms. The Labute approximate surface area is 467 Å². The van der Waals surface area contributed by atoms with Gasteiger partial charge in [0, 0.05) is 12.8 Å². The van der Waals surface area contributed by atoms with Gasteiger partial charge in [-0.3, -0.25) is 9.59 Å². The van der Waals surface area contributed by atoms with Crippen LogP contribution in [0.5, 0.6) is 0 Å². The summed E-state index contributed by atoms with van der Waals surface area (Å²) in [6.45, 7) is 4.90. The van der Waals surface area contributed by atoms with Crippen LogP contribution in [0.3, 0.4) is 0 Å². The van der Waals surface area contributed by atoms with Crippen molar-refractivity contribution < 1.29 is 24.5 Å². The lowest BCUT2D eigenvalue weighted by atomic mass is 10.0. The average Bonchev–Trinajstić information content (AvgIpc) is 3.41. The normalized spacial score (nSPS) is 12.9. The Kier molecular flexibility index (Phi) is 62.5. The second kappa shape index (κ2) is 64.3. The summed E-state index contributed by atoms with van der Waals surface area (Å²) >= 11 is 0. The summed E-state index contributed by atoms with van der Waals surface area (Å²) in [4.78, 5) is 24.6. The maximum Gasteiger partial charge on any atom is 0.305 e. The van der Waals surface area contributed by atoms with Crippen molar-refractivity contribution in [3.63, 3.8) is 0 Å². The summed E-state index contributed by atoms with van der Waals surface area (Å²) in [5.74, 6) is -0.0681. The number of carbonyl (C=O) groups excluding carboxylic acids is 2. The van der Waals surface area contributed by atoms with E-state index in [2.05, 4.69) is 55.6 Å². The van der Waals surface area contributed by atoms with Crippen molar-refractivity contribution in [1.82, 2.24) is 5.32 Å². The van der Waals surface area contributed by atoms with E-state index in [-0.39, 0.29) is 18.5 Å². The van der Waals surface area contributed by atoms with Crippen molar-refractivity contribution in [2.45, 2.75) is 366 Å². The Bertz CT molecular complexity index is 1260. The van der Waals surface area contributed by atoms with E-state index in [0.717, 1.165) is 51.4 Å². The number of aliphatic hydroxyl groups excluding tert-OH is 2. The summed E-state index contributed by atoms with van der Waals surface area (Å²) in [7, 11) is 0. The highest BCUT2D eigenvalue weighted by Gasteiger charge is 2.18. The predicted octanol–water partition coefficient (Wildman–Crippen LogP) is 21.3. The minimum Gasteiger partial charge on any atom is -0.466 e. The van der Waals surface area contributed by atoms with E-state index in [1.165, 1.54) is 276 Å². The topological polar surface area (TPSA) is 95.9 Å². The monoisotopic (exact) mass is 1050 g/mol. The molecule has 0 bridgehead atoms. The summed E-state index contributed by atoms with van der Waals surface area (Å²) < 4.78 is 5.49. The van der Waals surface area contributed by atoms with Gasteiger partial charge in [0.2, 0.25) is 5.91 Å². The van der Waals surface area contributed by atoms with Crippen molar-refractivity contribution >= 4 is 11.9 Å². The summed E-state index contributed by atoms with van der Waals surface area (Å²) in [6.07, 6.45) is 83.1. The molecule has 0 aromatic carbocycles. The number of esters is 1. The number of hydrogen-bond acceptors (Lipinski definition) is 5. The molecule has 0 saturated carbocycles. The first-order valence-electron chi connectivity index (χ1n) is 33.4. The first-order valence-corrected chi connectivity index (χ1v) is 33.4. The van der Waals surface area contributed by atoms with Gasteiger partial charge in [-0.2, -0.15) is 0 Å². The molecule has 6 heteroatoms. The molecule has 440 valence electrons. The molecule has 3 N–H and O–H groups in total. The highest BCUT2D eigenvalue weighted by atomic mass is 16.5. The fourth-order valence-electron chi connectivity index (χ4n) is 10.2. The van der Waals surface area contributed by atoms with Crippen LogP contribution in [0.15, 0.2) is 48.6 Å². The zero-order valence-corrected chi connectivity index (χ0v) is 50.3. The van der Waals surface area contributed by atoms with Crippen LogP contribution in [0.1, 0.15) is 354 Å². The maximum absolute atomic E-state index is 12.5. The molecular weight excluding hydrogens is 923 g/mol. The first-order chi connectivity index (χ1) is 37.0. The van der Waals surface area contributed by atoms with Crippen molar-refractivity contribution in [3.05, 3.63) is 48.6 Å². The van der Waals surface area contributed by atoms with Crippen LogP contribution in [-0.2, 0) is 14.3 Å². The van der Waals surface area contributed by atoms with Crippen LogP contribution in [0.2, 0.25) is 0 Å². The number of rotatable bonds is 62. The minimum absolute atomic E-state index is 0.000359. The number of aliphatic hydroxyl groups is 2. The molecule has 0 aliphatic heterocycles. The van der Waals surface area contributed by atoms with Gasteiger partial charge in [0.25, 0.3) is 0 Å². The smallest absolute Gasteiger partial charge is 0.305 e. The lowest BCUT2D eigenvalue weighted by Gasteiger charge is -2.20. The van der Waals surface area contributed by atoms with E-state index in [4.69, 9.17) is 4.74 Å². The molecule has 0 aromatic heterocycles. The molecule has 2 atom stereocenters. The third-order valence-electron chi connectivity index (χ3n) is 15.3. The third kappa shape index (κ3) is 60.9. The van der Waals surface area contributed by atoms with Crippen molar-refractivity contribution in [3.8, 4) is 0 Å². The van der Waals surface area contributed by atoms with Gasteiger partial charge in [-0.25, -0.2) is 0 Å². The lowest BCUT2D eigenvalue weighted by molar-refractivity contribution is -0.143. The van der Waals surface area contributed by atoms with Gasteiger partial charge < -0.3 is 20.3 Å². The van der Waals surface area contributed by atoms with Crippen LogP contribution < -0.4 is 5.32 Å². The lowest BCUT2D eigenvalue weighted by Crippen LogP contribution is -2.45. The van der Waals surface area contributed by atoms with Crippen molar-refractivity contribution in [1.29, 1.82) is 0 Å². The van der Waals surface area contributed by atoms with Gasteiger partial charge in [0.1, 0.15) is 0 Å². The average molecular weight is 1050 g/mol. The maximum atomic E-state index is 12.5. The largest absolute Gasteiger partial charge is 0.466 e. The van der Waals surface area contributed by atoms with E-state index < -0.39 is 12.1 Å². The Morgan fingerprint density at radius 3 is 1.04 bits per heavy atom. The molecule has 0 rings (SSSR count).